The molecule has 0 atom stereocenters. The minimum atomic E-state index is -0.476. The molecule has 0 aliphatic carbocycles. The second kappa shape index (κ2) is 8.65. The van der Waals surface area contributed by atoms with Crippen LogP contribution in [0.4, 0.5) is 4.79 Å². The normalized spacial score (nSPS) is 11.1. The summed E-state index contributed by atoms with van der Waals surface area (Å²) in [5, 5.41) is 4.61. The molecule has 1 heterocycles. The summed E-state index contributed by atoms with van der Waals surface area (Å²) in [4.78, 5) is 15.1. The first-order valence-electron chi connectivity index (χ1n) is 7.47. The van der Waals surface area contributed by atoms with Crippen LogP contribution in [0.25, 0.3) is 0 Å². The van der Waals surface area contributed by atoms with Gasteiger partial charge < -0.3 is 10.1 Å². The minimum Gasteiger partial charge on any atom is -0.444 e. The lowest BCUT2D eigenvalue weighted by Crippen LogP contribution is -2.31. The summed E-state index contributed by atoms with van der Waals surface area (Å²) in [6.45, 7) is 9.76. The Morgan fingerprint density at radius 2 is 1.88 bits per heavy atom. The Kier molecular flexibility index (Phi) is 6.83. The first-order chi connectivity index (χ1) is 11.4. The van der Waals surface area contributed by atoms with Crippen LogP contribution in [0.15, 0.2) is 62.4 Å². The van der Waals surface area contributed by atoms with Gasteiger partial charge in [0.2, 0.25) is 0 Å². The van der Waals surface area contributed by atoms with Crippen molar-refractivity contribution in [3.63, 3.8) is 0 Å². The van der Waals surface area contributed by atoms with E-state index in [9.17, 15) is 4.79 Å². The molecular weight excluding hydrogens is 358 g/mol. The summed E-state index contributed by atoms with van der Waals surface area (Å²) >= 11 is 5.01. The number of hydrogen-bond donors (Lipinski definition) is 1. The van der Waals surface area contributed by atoms with E-state index in [1.54, 1.807) is 34.9 Å². The number of ether oxygens (including phenoxy) is 1. The smallest absolute Gasteiger partial charge is 0.407 e. The number of thioether (sulfide) groups is 1. The predicted molar refractivity (Wildman–Crippen MR) is 104 cm³/mol. The van der Waals surface area contributed by atoms with Gasteiger partial charge in [-0.05, 0) is 62.6 Å². The van der Waals surface area contributed by atoms with E-state index in [1.165, 1.54) is 14.0 Å². The van der Waals surface area contributed by atoms with Gasteiger partial charge in [0.25, 0.3) is 0 Å². The van der Waals surface area contributed by atoms with Crippen molar-refractivity contribution >= 4 is 41.0 Å². The average Bonchev–Trinajstić information content (AvgIpc) is 2.93. The number of rotatable bonds is 6. The fraction of sp³-hybridized carbons (Fsp3) is 0.278. The lowest BCUT2D eigenvalue weighted by atomic mass is 10.2. The highest BCUT2D eigenvalue weighted by atomic mass is 32.2. The molecule has 1 aromatic carbocycles. The van der Waals surface area contributed by atoms with Crippen LogP contribution in [0.5, 0.6) is 0 Å². The number of carbonyl (C=O) groups excluding carboxylic acids is 1. The Labute approximate surface area is 155 Å². The Bertz CT molecular complexity index is 687. The molecule has 2 aromatic rings. The molecule has 0 spiro atoms. The summed E-state index contributed by atoms with van der Waals surface area (Å²) in [6, 6.07) is 12.5. The van der Waals surface area contributed by atoms with Crippen molar-refractivity contribution in [3.05, 3.63) is 53.3 Å². The molecule has 0 radical (unpaired) electrons. The van der Waals surface area contributed by atoms with E-state index in [-0.39, 0.29) is 6.09 Å². The molecule has 0 aliphatic rings. The molecule has 3 nitrogen and oxygen atoms in total. The lowest BCUT2D eigenvalue weighted by Gasteiger charge is -2.19. The Balaban J connectivity index is 1.86. The molecule has 0 saturated carbocycles. The van der Waals surface area contributed by atoms with E-state index in [2.05, 4.69) is 42.2 Å². The number of hydrogen-bond acceptors (Lipinski definition) is 5. The van der Waals surface area contributed by atoms with Crippen molar-refractivity contribution in [2.24, 2.45) is 0 Å². The van der Waals surface area contributed by atoms with Crippen molar-refractivity contribution in [2.45, 2.75) is 46.9 Å². The summed E-state index contributed by atoms with van der Waals surface area (Å²) in [5.41, 5.74) is -0.476. The molecule has 6 heteroatoms. The van der Waals surface area contributed by atoms with Crippen molar-refractivity contribution < 1.29 is 9.53 Å². The van der Waals surface area contributed by atoms with Gasteiger partial charge in [0.15, 0.2) is 0 Å². The summed E-state index contributed by atoms with van der Waals surface area (Å²) in [5.74, 6) is 0. The molecular formula is C18H21NO2S3. The van der Waals surface area contributed by atoms with Gasteiger partial charge >= 0.3 is 6.09 Å². The van der Waals surface area contributed by atoms with Gasteiger partial charge in [-0.1, -0.05) is 30.1 Å². The van der Waals surface area contributed by atoms with E-state index >= 15 is 0 Å². The Morgan fingerprint density at radius 3 is 2.50 bits per heavy atom. The SMILES string of the molecule is C=CSc1ccc(Sc2ccc(CNC(=O)OC(C)(C)C)s2)cc1. The molecule has 128 valence electrons. The summed E-state index contributed by atoms with van der Waals surface area (Å²) in [7, 11) is 0. The molecule has 2 rings (SSSR count). The van der Waals surface area contributed by atoms with Gasteiger partial charge in [-0.25, -0.2) is 4.79 Å². The van der Waals surface area contributed by atoms with E-state index in [4.69, 9.17) is 4.74 Å². The first-order valence-corrected chi connectivity index (χ1v) is 9.98. The maximum absolute atomic E-state index is 11.7. The maximum atomic E-state index is 11.7. The number of carbonyl (C=O) groups is 1. The topological polar surface area (TPSA) is 38.3 Å². The standard InChI is InChI=1S/C18H21NO2S3/c1-5-22-13-6-8-14(9-7-13)23-16-11-10-15(24-16)12-19-17(20)21-18(2,3)4/h5-11H,1,12H2,2-4H3,(H,19,20). The zero-order chi connectivity index (χ0) is 17.6. The Morgan fingerprint density at radius 1 is 1.21 bits per heavy atom. The van der Waals surface area contributed by atoms with Crippen molar-refractivity contribution in [1.82, 2.24) is 5.32 Å². The fourth-order valence-corrected chi connectivity index (χ4v) is 4.36. The second-order valence-electron chi connectivity index (χ2n) is 5.93. The fourth-order valence-electron chi connectivity index (χ4n) is 1.78. The van der Waals surface area contributed by atoms with Gasteiger partial charge in [-0.2, -0.15) is 0 Å². The quantitative estimate of drug-likeness (QED) is 0.610. The molecule has 1 aromatic heterocycles. The van der Waals surface area contributed by atoms with Gasteiger partial charge in [0.1, 0.15) is 5.60 Å². The molecule has 0 fully saturated rings. The van der Waals surface area contributed by atoms with Crippen LogP contribution in [0.1, 0.15) is 25.6 Å². The highest BCUT2D eigenvalue weighted by Crippen LogP contribution is 2.34. The number of nitrogens with one attached hydrogen (secondary N) is 1. The second-order valence-corrected chi connectivity index (χ2v) is 9.52. The first kappa shape index (κ1) is 19.0. The van der Waals surface area contributed by atoms with Crippen molar-refractivity contribution in [1.29, 1.82) is 0 Å². The van der Waals surface area contributed by atoms with Crippen LogP contribution in [0, 0.1) is 0 Å². The summed E-state index contributed by atoms with van der Waals surface area (Å²) < 4.78 is 6.43. The average molecular weight is 380 g/mol. The number of benzene rings is 1. The van der Waals surface area contributed by atoms with Crippen molar-refractivity contribution in [3.8, 4) is 0 Å². The van der Waals surface area contributed by atoms with Crippen LogP contribution in [0.2, 0.25) is 0 Å². The lowest BCUT2D eigenvalue weighted by molar-refractivity contribution is 0.0524. The molecule has 1 amide bonds. The molecule has 0 unspecified atom stereocenters. The van der Waals surface area contributed by atoms with Gasteiger partial charge in [-0.3, -0.25) is 0 Å². The van der Waals surface area contributed by atoms with Crippen molar-refractivity contribution in [2.75, 3.05) is 0 Å². The van der Waals surface area contributed by atoms with Crippen LogP contribution in [-0.2, 0) is 11.3 Å². The molecule has 0 bridgehead atoms. The van der Waals surface area contributed by atoms with Crippen LogP contribution in [-0.4, -0.2) is 11.7 Å². The number of thiophene rings is 1. The van der Waals surface area contributed by atoms with Crippen LogP contribution >= 0.6 is 34.9 Å². The third-order valence-corrected chi connectivity index (χ3v) is 5.64. The predicted octanol–water partition coefficient (Wildman–Crippen LogP) is 6.16. The van der Waals surface area contributed by atoms with E-state index in [1.807, 2.05) is 32.2 Å². The van der Waals surface area contributed by atoms with E-state index in [0.29, 0.717) is 6.54 Å². The zero-order valence-electron chi connectivity index (χ0n) is 14.0. The van der Waals surface area contributed by atoms with Gasteiger partial charge in [0.05, 0.1) is 10.8 Å². The third kappa shape index (κ3) is 6.63. The molecule has 24 heavy (non-hydrogen) atoms. The minimum absolute atomic E-state index is 0.389. The summed E-state index contributed by atoms with van der Waals surface area (Å²) in [6.07, 6.45) is -0.389. The van der Waals surface area contributed by atoms with E-state index < -0.39 is 5.60 Å². The molecule has 0 aliphatic heterocycles. The highest BCUT2D eigenvalue weighted by molar-refractivity contribution is 8.02. The van der Waals surface area contributed by atoms with Crippen LogP contribution in [0.3, 0.4) is 0 Å². The number of amides is 1. The largest absolute Gasteiger partial charge is 0.444 e. The Hall–Kier alpha value is -1.37. The molecule has 1 N–H and O–H groups in total. The monoisotopic (exact) mass is 379 g/mol. The maximum Gasteiger partial charge on any atom is 0.407 e. The zero-order valence-corrected chi connectivity index (χ0v) is 16.4. The van der Waals surface area contributed by atoms with E-state index in [0.717, 1.165) is 4.88 Å². The van der Waals surface area contributed by atoms with Crippen LogP contribution < -0.4 is 5.32 Å². The highest BCUT2D eigenvalue weighted by Gasteiger charge is 2.15. The molecule has 0 saturated heterocycles. The number of alkyl carbamates (subject to hydrolysis) is 1. The van der Waals surface area contributed by atoms with Gasteiger partial charge in [-0.15, -0.1) is 11.3 Å². The van der Waals surface area contributed by atoms with Gasteiger partial charge in [0, 0.05) is 14.7 Å². The third-order valence-electron chi connectivity index (χ3n) is 2.70.